The van der Waals surface area contributed by atoms with Crippen molar-refractivity contribution >= 4 is 44.2 Å². The van der Waals surface area contributed by atoms with Crippen molar-refractivity contribution in [2.45, 2.75) is 5.51 Å². The molecule has 33 heavy (non-hydrogen) atoms. The van der Waals surface area contributed by atoms with Crippen LogP contribution in [0.25, 0.3) is 21.5 Å². The van der Waals surface area contributed by atoms with Gasteiger partial charge >= 0.3 is 15.6 Å². The summed E-state index contributed by atoms with van der Waals surface area (Å²) in [5, 5.41) is 12.0. The number of phenols is 1. The molecular weight excluding hydrogens is 461 g/mol. The molecule has 0 unspecified atom stereocenters. The number of halogens is 3. The zero-order valence-corrected chi connectivity index (χ0v) is 17.4. The van der Waals surface area contributed by atoms with Crippen LogP contribution in [0.1, 0.15) is 20.7 Å². The molecule has 0 amide bonds. The quantitative estimate of drug-likeness (QED) is 0.246. The number of carbonyl (C=O) groups is 2. The monoisotopic (exact) mass is 476 g/mol. The highest BCUT2D eigenvalue weighted by Crippen LogP contribution is 2.32. The number of fused-ring (bicyclic) bond motifs is 2. The van der Waals surface area contributed by atoms with Gasteiger partial charge in [0.25, 0.3) is 0 Å². The van der Waals surface area contributed by atoms with Gasteiger partial charge < -0.3 is 9.29 Å². The van der Waals surface area contributed by atoms with Crippen LogP contribution in [-0.4, -0.2) is 31.6 Å². The van der Waals surface area contributed by atoms with Gasteiger partial charge in [-0.3, -0.25) is 9.59 Å². The predicted molar refractivity (Wildman–Crippen MR) is 116 cm³/mol. The minimum atomic E-state index is -5.81. The summed E-state index contributed by atoms with van der Waals surface area (Å²) in [6, 6.07) is 19.5. The van der Waals surface area contributed by atoms with Gasteiger partial charge in [0.2, 0.25) is 0 Å². The van der Waals surface area contributed by atoms with E-state index in [0.29, 0.717) is 22.6 Å². The van der Waals surface area contributed by atoms with Crippen LogP contribution in [0, 0.1) is 0 Å². The molecule has 1 N–H and O–H groups in total. The maximum absolute atomic E-state index is 12.3. The molecule has 0 bridgehead atoms. The summed E-state index contributed by atoms with van der Waals surface area (Å²) < 4.78 is 62.7. The van der Waals surface area contributed by atoms with Gasteiger partial charge in [0.1, 0.15) is 5.75 Å². The van der Waals surface area contributed by atoms with E-state index < -0.39 is 21.4 Å². The van der Waals surface area contributed by atoms with E-state index in [1.165, 1.54) is 18.2 Å². The first-order chi connectivity index (χ1) is 15.6. The molecule has 0 aliphatic rings. The Labute approximate surface area is 186 Å². The molecule has 0 heterocycles. The van der Waals surface area contributed by atoms with Crippen molar-refractivity contribution in [1.82, 2.24) is 0 Å². The van der Waals surface area contributed by atoms with Crippen molar-refractivity contribution in [1.29, 1.82) is 0 Å². The second kappa shape index (κ2) is 9.29. The number of rotatable bonds is 4. The van der Waals surface area contributed by atoms with Crippen molar-refractivity contribution in [2.24, 2.45) is 0 Å². The molecule has 10 heteroatoms. The van der Waals surface area contributed by atoms with E-state index in [-0.39, 0.29) is 17.6 Å². The molecule has 0 aliphatic heterocycles. The normalized spacial score (nSPS) is 11.5. The van der Waals surface area contributed by atoms with Gasteiger partial charge in [-0.15, -0.1) is 0 Å². The molecule has 0 aromatic heterocycles. The lowest BCUT2D eigenvalue weighted by molar-refractivity contribution is -0.0500. The minimum absolute atomic E-state index is 0.0358. The van der Waals surface area contributed by atoms with Gasteiger partial charge in [-0.1, -0.05) is 60.7 Å². The molecule has 0 saturated heterocycles. The highest BCUT2D eigenvalue weighted by Gasteiger charge is 2.48. The fourth-order valence-electron chi connectivity index (χ4n) is 3.04. The Morgan fingerprint density at radius 3 is 1.73 bits per heavy atom. The molecule has 4 aromatic rings. The highest BCUT2D eigenvalue weighted by molar-refractivity contribution is 7.88. The molecule has 6 nitrogen and oxygen atoms in total. The first-order valence-electron chi connectivity index (χ1n) is 9.22. The summed E-state index contributed by atoms with van der Waals surface area (Å²) in [5.41, 5.74) is -5.45. The van der Waals surface area contributed by atoms with Crippen LogP contribution < -0.4 is 4.18 Å². The molecule has 0 saturated carbocycles. The Balaban J connectivity index is 0.000000203. The summed E-state index contributed by atoms with van der Waals surface area (Å²) in [5.74, 6) is -0.621. The molecule has 0 atom stereocenters. The molecule has 0 aliphatic carbocycles. The van der Waals surface area contributed by atoms with Crippen LogP contribution in [0.2, 0.25) is 0 Å². The maximum atomic E-state index is 12.3. The zero-order chi connectivity index (χ0) is 24.2. The second-order valence-electron chi connectivity index (χ2n) is 6.64. The zero-order valence-electron chi connectivity index (χ0n) is 16.6. The summed E-state index contributed by atoms with van der Waals surface area (Å²) in [7, 11) is -5.81. The smallest absolute Gasteiger partial charge is 0.507 e. The standard InChI is InChI=1S/C12H7F3O4S.C11H8O2/c13-12(14,15)20(17,18)19-11-6-5-8-3-1-2-4-9(8)10(11)7-16;12-7-10-9-4-2-1-3-8(9)5-6-11(10)13/h1-7H;1-7,13H. The van der Waals surface area contributed by atoms with Crippen LogP contribution >= 0.6 is 0 Å². The number of hydrogen-bond donors (Lipinski definition) is 1. The predicted octanol–water partition coefficient (Wildman–Crippen LogP) is 5.24. The van der Waals surface area contributed by atoms with Crippen LogP contribution in [0.5, 0.6) is 11.5 Å². The maximum Gasteiger partial charge on any atom is 0.534 e. The molecular formula is C23H15F3O6S. The van der Waals surface area contributed by atoms with Crippen molar-refractivity contribution < 1.29 is 40.5 Å². The summed E-state index contributed by atoms with van der Waals surface area (Å²) in [4.78, 5) is 21.7. The lowest BCUT2D eigenvalue weighted by atomic mass is 10.0. The average Bonchev–Trinajstić information content (AvgIpc) is 2.78. The lowest BCUT2D eigenvalue weighted by Gasteiger charge is -2.12. The summed E-state index contributed by atoms with van der Waals surface area (Å²) in [6.45, 7) is 0. The SMILES string of the molecule is O=Cc1c(O)ccc2ccccc12.O=Cc1c(OS(=O)(=O)C(F)(F)F)ccc2ccccc12. The Bertz CT molecular complexity index is 1450. The van der Waals surface area contributed by atoms with Gasteiger partial charge in [0.05, 0.1) is 11.1 Å². The summed E-state index contributed by atoms with van der Waals surface area (Å²) >= 11 is 0. The van der Waals surface area contributed by atoms with E-state index in [4.69, 9.17) is 0 Å². The number of carbonyl (C=O) groups excluding carboxylic acids is 2. The number of hydrogen-bond acceptors (Lipinski definition) is 6. The lowest BCUT2D eigenvalue weighted by Crippen LogP contribution is -2.28. The molecule has 170 valence electrons. The van der Waals surface area contributed by atoms with E-state index in [0.717, 1.165) is 16.8 Å². The van der Waals surface area contributed by atoms with Crippen molar-refractivity contribution in [3.05, 3.63) is 83.9 Å². The molecule has 0 radical (unpaired) electrons. The van der Waals surface area contributed by atoms with Crippen LogP contribution in [-0.2, 0) is 10.1 Å². The molecule has 4 rings (SSSR count). The van der Waals surface area contributed by atoms with Crippen LogP contribution in [0.3, 0.4) is 0 Å². The fourth-order valence-corrected chi connectivity index (χ4v) is 3.52. The van der Waals surface area contributed by atoms with Gasteiger partial charge in [-0.25, -0.2) is 0 Å². The number of aldehydes is 2. The Morgan fingerprint density at radius 1 is 0.727 bits per heavy atom. The van der Waals surface area contributed by atoms with E-state index in [2.05, 4.69) is 4.18 Å². The van der Waals surface area contributed by atoms with Crippen molar-refractivity contribution in [3.8, 4) is 11.5 Å². The van der Waals surface area contributed by atoms with Crippen molar-refractivity contribution in [2.75, 3.05) is 0 Å². The van der Waals surface area contributed by atoms with Crippen LogP contribution in [0.4, 0.5) is 13.2 Å². The van der Waals surface area contributed by atoms with Gasteiger partial charge in [0, 0.05) is 0 Å². The first-order valence-corrected chi connectivity index (χ1v) is 10.6. The fraction of sp³-hybridized carbons (Fsp3) is 0.0435. The van der Waals surface area contributed by atoms with Gasteiger partial charge in [-0.2, -0.15) is 21.6 Å². The average molecular weight is 476 g/mol. The van der Waals surface area contributed by atoms with Gasteiger partial charge in [-0.05, 0) is 33.7 Å². The van der Waals surface area contributed by atoms with Crippen LogP contribution in [0.15, 0.2) is 72.8 Å². The summed E-state index contributed by atoms with van der Waals surface area (Å²) in [6.07, 6.45) is 0.932. The first kappa shape index (κ1) is 23.7. The van der Waals surface area contributed by atoms with E-state index in [9.17, 15) is 36.3 Å². The Kier molecular flexibility index (Phi) is 6.68. The Hall–Kier alpha value is -3.92. The van der Waals surface area contributed by atoms with E-state index in [1.807, 2.05) is 24.3 Å². The third-order valence-electron chi connectivity index (χ3n) is 4.60. The minimum Gasteiger partial charge on any atom is -0.507 e. The molecule has 0 spiro atoms. The van der Waals surface area contributed by atoms with E-state index in [1.54, 1.807) is 24.3 Å². The number of phenolic OH excluding ortho intramolecular Hbond substituents is 1. The number of alkyl halides is 3. The number of aromatic hydroxyl groups is 1. The Morgan fingerprint density at radius 2 is 1.21 bits per heavy atom. The largest absolute Gasteiger partial charge is 0.534 e. The highest BCUT2D eigenvalue weighted by atomic mass is 32.2. The van der Waals surface area contributed by atoms with Crippen molar-refractivity contribution in [3.63, 3.8) is 0 Å². The van der Waals surface area contributed by atoms with Gasteiger partial charge in [0.15, 0.2) is 18.3 Å². The van der Waals surface area contributed by atoms with E-state index >= 15 is 0 Å². The molecule has 4 aromatic carbocycles. The second-order valence-corrected chi connectivity index (χ2v) is 8.17. The third kappa shape index (κ3) is 4.96. The third-order valence-corrected chi connectivity index (χ3v) is 5.56. The molecule has 0 fully saturated rings. The number of benzene rings is 4. The topological polar surface area (TPSA) is 97.7 Å².